The molecule has 0 amide bonds. The molecule has 0 saturated heterocycles. The predicted molar refractivity (Wildman–Crippen MR) is 102 cm³/mol. The molecule has 3 aromatic rings. The highest BCUT2D eigenvalue weighted by molar-refractivity contribution is 5.97. The zero-order chi connectivity index (χ0) is 18.5. The van der Waals surface area contributed by atoms with Gasteiger partial charge in [0.25, 0.3) is 0 Å². The van der Waals surface area contributed by atoms with Crippen LogP contribution in [0.4, 0.5) is 28.7 Å². The largest absolute Gasteiger partial charge is 0.465 e. The number of carbonyl (C=O) groups is 1. The van der Waals surface area contributed by atoms with E-state index in [0.29, 0.717) is 28.6 Å². The summed E-state index contributed by atoms with van der Waals surface area (Å²) in [7, 11) is 3.21. The third-order valence-electron chi connectivity index (χ3n) is 3.91. The Hall–Kier alpha value is -3.61. The summed E-state index contributed by atoms with van der Waals surface area (Å²) < 4.78 is 4.81. The van der Waals surface area contributed by atoms with Gasteiger partial charge in [0.1, 0.15) is 12.0 Å². The van der Waals surface area contributed by atoms with E-state index in [2.05, 4.69) is 15.3 Å². The predicted octanol–water partition coefficient (Wildman–Crippen LogP) is 3.36. The Balaban J connectivity index is 1.95. The average Bonchev–Trinajstić information content (AvgIpc) is 2.69. The van der Waals surface area contributed by atoms with Gasteiger partial charge in [-0.1, -0.05) is 30.3 Å². The van der Waals surface area contributed by atoms with Gasteiger partial charge in [0, 0.05) is 12.7 Å². The zero-order valence-corrected chi connectivity index (χ0v) is 14.5. The number of nitrogens with two attached hydrogens (primary N) is 1. The van der Waals surface area contributed by atoms with Gasteiger partial charge in [0.05, 0.1) is 18.4 Å². The van der Waals surface area contributed by atoms with Gasteiger partial charge in [0.15, 0.2) is 11.6 Å². The maximum absolute atomic E-state index is 11.9. The van der Waals surface area contributed by atoms with E-state index in [1.807, 2.05) is 48.3 Å². The number of aromatic nitrogens is 2. The van der Waals surface area contributed by atoms with Crippen LogP contribution in [0.3, 0.4) is 0 Å². The van der Waals surface area contributed by atoms with Crippen LogP contribution in [0.15, 0.2) is 60.9 Å². The van der Waals surface area contributed by atoms with Crippen molar-refractivity contribution in [2.45, 2.75) is 0 Å². The van der Waals surface area contributed by atoms with E-state index in [-0.39, 0.29) is 0 Å². The maximum Gasteiger partial charge on any atom is 0.339 e. The Morgan fingerprint density at radius 3 is 2.50 bits per heavy atom. The molecule has 132 valence electrons. The van der Waals surface area contributed by atoms with Crippen LogP contribution >= 0.6 is 0 Å². The van der Waals surface area contributed by atoms with Crippen LogP contribution in [-0.4, -0.2) is 30.1 Å². The van der Waals surface area contributed by atoms with E-state index in [9.17, 15) is 4.79 Å². The molecule has 1 heterocycles. The van der Waals surface area contributed by atoms with Gasteiger partial charge >= 0.3 is 5.97 Å². The molecule has 0 aliphatic rings. The number of methoxy groups -OCH3 is 1. The molecule has 0 spiro atoms. The second-order valence-corrected chi connectivity index (χ2v) is 5.52. The van der Waals surface area contributed by atoms with Gasteiger partial charge in [-0.3, -0.25) is 0 Å². The van der Waals surface area contributed by atoms with Crippen LogP contribution in [0.1, 0.15) is 10.4 Å². The van der Waals surface area contributed by atoms with Crippen molar-refractivity contribution in [2.75, 3.05) is 30.1 Å². The number of hydrogen-bond donors (Lipinski definition) is 2. The first-order valence-electron chi connectivity index (χ1n) is 7.95. The second-order valence-electron chi connectivity index (χ2n) is 5.52. The molecule has 0 bridgehead atoms. The van der Waals surface area contributed by atoms with Crippen LogP contribution in [0, 0.1) is 0 Å². The molecule has 26 heavy (non-hydrogen) atoms. The summed E-state index contributed by atoms with van der Waals surface area (Å²) in [6.45, 7) is 0. The molecule has 2 aromatic carbocycles. The topological polar surface area (TPSA) is 93.4 Å². The van der Waals surface area contributed by atoms with Crippen LogP contribution in [0.5, 0.6) is 0 Å². The number of anilines is 5. The molecule has 3 rings (SSSR count). The number of esters is 1. The average molecular weight is 349 g/mol. The Bertz CT molecular complexity index is 915. The molecule has 0 radical (unpaired) electrons. The molecule has 0 fully saturated rings. The van der Waals surface area contributed by atoms with E-state index < -0.39 is 5.97 Å². The summed E-state index contributed by atoms with van der Waals surface area (Å²) in [6.07, 6.45) is 1.42. The van der Waals surface area contributed by atoms with Gasteiger partial charge < -0.3 is 20.7 Å². The molecule has 0 aliphatic carbocycles. The van der Waals surface area contributed by atoms with Crippen LogP contribution in [0.25, 0.3) is 0 Å². The minimum atomic E-state index is -0.442. The Morgan fingerprint density at radius 1 is 1.08 bits per heavy atom. The molecule has 7 heteroatoms. The SMILES string of the molecule is COC(=O)c1ccccc1Nc1ncnc(N(C)c2ccccc2)c1N. The zero-order valence-electron chi connectivity index (χ0n) is 14.5. The normalized spacial score (nSPS) is 10.2. The van der Waals surface area contributed by atoms with Gasteiger partial charge in [-0.2, -0.15) is 0 Å². The fourth-order valence-corrected chi connectivity index (χ4v) is 2.53. The number of nitrogens with one attached hydrogen (secondary N) is 1. The lowest BCUT2D eigenvalue weighted by atomic mass is 10.2. The molecule has 0 unspecified atom stereocenters. The number of nitrogen functional groups attached to an aromatic ring is 1. The summed E-state index contributed by atoms with van der Waals surface area (Å²) >= 11 is 0. The first-order valence-corrected chi connectivity index (χ1v) is 7.95. The van der Waals surface area contributed by atoms with E-state index in [4.69, 9.17) is 10.5 Å². The van der Waals surface area contributed by atoms with E-state index in [1.54, 1.807) is 18.2 Å². The molecule has 3 N–H and O–H groups in total. The number of hydrogen-bond acceptors (Lipinski definition) is 7. The van der Waals surface area contributed by atoms with E-state index in [1.165, 1.54) is 13.4 Å². The van der Waals surface area contributed by atoms with Gasteiger partial charge in [-0.05, 0) is 24.3 Å². The van der Waals surface area contributed by atoms with Gasteiger partial charge in [-0.25, -0.2) is 14.8 Å². The fraction of sp³-hybridized carbons (Fsp3) is 0.105. The highest BCUT2D eigenvalue weighted by Crippen LogP contribution is 2.32. The number of benzene rings is 2. The Morgan fingerprint density at radius 2 is 1.77 bits per heavy atom. The van der Waals surface area contributed by atoms with Crippen molar-refractivity contribution < 1.29 is 9.53 Å². The van der Waals surface area contributed by atoms with Crippen molar-refractivity contribution in [3.8, 4) is 0 Å². The highest BCUT2D eigenvalue weighted by Gasteiger charge is 2.16. The van der Waals surface area contributed by atoms with Crippen molar-refractivity contribution in [3.05, 3.63) is 66.5 Å². The lowest BCUT2D eigenvalue weighted by molar-refractivity contribution is 0.0602. The minimum absolute atomic E-state index is 0.374. The Kier molecular flexibility index (Phi) is 4.98. The molecule has 0 atom stereocenters. The van der Waals surface area contributed by atoms with Crippen LogP contribution in [-0.2, 0) is 4.74 Å². The number of carbonyl (C=O) groups excluding carboxylic acids is 1. The number of ether oxygens (including phenoxy) is 1. The Labute approximate surface area is 151 Å². The summed E-state index contributed by atoms with van der Waals surface area (Å²) in [5.41, 5.74) is 8.55. The van der Waals surface area contributed by atoms with Crippen molar-refractivity contribution in [1.29, 1.82) is 0 Å². The summed E-state index contributed by atoms with van der Waals surface area (Å²) in [4.78, 5) is 22.3. The second kappa shape index (κ2) is 7.52. The number of nitrogens with zero attached hydrogens (tertiary/aromatic N) is 3. The molecular weight excluding hydrogens is 330 g/mol. The van der Waals surface area contributed by atoms with Crippen molar-refractivity contribution in [1.82, 2.24) is 9.97 Å². The number of para-hydroxylation sites is 2. The standard InChI is InChI=1S/C19H19N5O2/c1-24(13-8-4-3-5-9-13)18-16(20)17(21-12-22-18)23-15-11-7-6-10-14(15)19(25)26-2/h3-12H,20H2,1-2H3,(H,21,22,23). The lowest BCUT2D eigenvalue weighted by Gasteiger charge is -2.21. The molecule has 0 aliphatic heterocycles. The fourth-order valence-electron chi connectivity index (χ4n) is 2.53. The smallest absolute Gasteiger partial charge is 0.339 e. The first kappa shape index (κ1) is 17.2. The summed E-state index contributed by atoms with van der Waals surface area (Å²) in [5, 5.41) is 3.10. The lowest BCUT2D eigenvalue weighted by Crippen LogP contribution is -2.15. The summed E-state index contributed by atoms with van der Waals surface area (Å²) in [5.74, 6) is 0.528. The molecular formula is C19H19N5O2. The van der Waals surface area contributed by atoms with Gasteiger partial charge in [-0.15, -0.1) is 0 Å². The quantitative estimate of drug-likeness (QED) is 0.682. The monoisotopic (exact) mass is 349 g/mol. The van der Waals surface area contributed by atoms with Crippen LogP contribution < -0.4 is 16.0 Å². The van der Waals surface area contributed by atoms with Crippen molar-refractivity contribution in [2.24, 2.45) is 0 Å². The van der Waals surface area contributed by atoms with Crippen molar-refractivity contribution >= 4 is 34.7 Å². The van der Waals surface area contributed by atoms with E-state index >= 15 is 0 Å². The first-order chi connectivity index (χ1) is 12.6. The third kappa shape index (κ3) is 3.41. The highest BCUT2D eigenvalue weighted by atomic mass is 16.5. The molecule has 0 saturated carbocycles. The maximum atomic E-state index is 11.9. The third-order valence-corrected chi connectivity index (χ3v) is 3.91. The number of rotatable bonds is 5. The molecule has 7 nitrogen and oxygen atoms in total. The van der Waals surface area contributed by atoms with Crippen molar-refractivity contribution in [3.63, 3.8) is 0 Å². The van der Waals surface area contributed by atoms with Crippen LogP contribution in [0.2, 0.25) is 0 Å². The molecule has 1 aromatic heterocycles. The van der Waals surface area contributed by atoms with Gasteiger partial charge in [0.2, 0.25) is 0 Å². The van der Waals surface area contributed by atoms with E-state index in [0.717, 1.165) is 5.69 Å². The summed E-state index contributed by atoms with van der Waals surface area (Å²) in [6, 6.07) is 16.7. The minimum Gasteiger partial charge on any atom is -0.465 e.